The number of benzene rings is 1. The van der Waals surface area contributed by atoms with E-state index in [-0.39, 0.29) is 11.9 Å². The molecule has 1 aromatic carbocycles. The number of ether oxygens (including phenoxy) is 1. The number of hydrogen-bond acceptors (Lipinski definition) is 6. The first-order valence-electron chi connectivity index (χ1n) is 12.7. The third kappa shape index (κ3) is 6.18. The highest BCUT2D eigenvalue weighted by Crippen LogP contribution is 2.32. The van der Waals surface area contributed by atoms with Crippen LogP contribution in [0.5, 0.6) is 5.19 Å². The minimum atomic E-state index is -2.85. The molecule has 3 aromatic rings. The van der Waals surface area contributed by atoms with Gasteiger partial charge in [0.25, 0.3) is 17.0 Å². The van der Waals surface area contributed by atoms with Crippen molar-refractivity contribution < 1.29 is 18.3 Å². The van der Waals surface area contributed by atoms with Crippen LogP contribution in [-0.4, -0.2) is 52.4 Å². The molecule has 1 aliphatic heterocycles. The van der Waals surface area contributed by atoms with Gasteiger partial charge in [-0.05, 0) is 69.2 Å². The molecule has 9 heteroatoms. The first-order chi connectivity index (χ1) is 17.3. The van der Waals surface area contributed by atoms with Crippen LogP contribution in [0.4, 0.5) is 8.78 Å². The Hall–Kier alpha value is -2.65. The number of amides is 1. The summed E-state index contributed by atoms with van der Waals surface area (Å²) in [7, 11) is 0. The van der Waals surface area contributed by atoms with E-state index >= 15 is 0 Å². The first-order valence-corrected chi connectivity index (χ1v) is 13.5. The average molecular weight is 515 g/mol. The fraction of sp³-hybridized carbons (Fsp3) is 0.519. The monoisotopic (exact) mass is 514 g/mol. The molecule has 2 aromatic heterocycles. The highest BCUT2D eigenvalue weighted by atomic mass is 32.1. The topological polar surface area (TPSA) is 67.3 Å². The van der Waals surface area contributed by atoms with Gasteiger partial charge in [-0.3, -0.25) is 14.7 Å². The number of nitrogens with zero attached hydrogens (tertiary/aromatic N) is 3. The number of hydrogen-bond donors (Lipinski definition) is 1. The zero-order valence-electron chi connectivity index (χ0n) is 20.5. The molecule has 0 atom stereocenters. The lowest BCUT2D eigenvalue weighted by molar-refractivity contribution is -0.0230. The second-order valence-corrected chi connectivity index (χ2v) is 11.1. The van der Waals surface area contributed by atoms with Gasteiger partial charge in [0.2, 0.25) is 0 Å². The maximum atomic E-state index is 13.1. The van der Waals surface area contributed by atoms with Crippen LogP contribution in [0.1, 0.15) is 60.0 Å². The van der Waals surface area contributed by atoms with Crippen molar-refractivity contribution in [1.82, 2.24) is 20.2 Å². The molecule has 0 saturated heterocycles. The predicted octanol–water partition coefficient (Wildman–Crippen LogP) is 5.46. The van der Waals surface area contributed by atoms with Gasteiger partial charge in [-0.2, -0.15) is 0 Å². The number of nitrogens with one attached hydrogen (secondary N) is 1. The number of carbonyl (C=O) groups excluding carboxylic acids is 1. The Morgan fingerprint density at radius 3 is 2.86 bits per heavy atom. The Labute approximate surface area is 214 Å². The van der Waals surface area contributed by atoms with E-state index in [0.717, 1.165) is 86.6 Å². The van der Waals surface area contributed by atoms with E-state index in [9.17, 15) is 13.6 Å². The SMILES string of the molecule is CC(F)(F)COc1nc2c(s1)CCN(CC[C@H]1CC[C@H](NC(=O)c3cccc4ncccc34)CC1)C2. The minimum absolute atomic E-state index is 0.0181. The molecule has 5 rings (SSSR count). The first kappa shape index (κ1) is 25.0. The molecule has 192 valence electrons. The molecule has 2 aliphatic rings. The van der Waals surface area contributed by atoms with E-state index in [2.05, 4.69) is 20.2 Å². The molecule has 3 heterocycles. The number of aromatic nitrogens is 2. The maximum Gasteiger partial charge on any atom is 0.278 e. The molecule has 0 spiro atoms. The molecule has 36 heavy (non-hydrogen) atoms. The van der Waals surface area contributed by atoms with E-state index in [1.165, 1.54) is 11.3 Å². The summed E-state index contributed by atoms with van der Waals surface area (Å²) < 4.78 is 31.4. The normalized spacial score (nSPS) is 20.8. The molecule has 1 fully saturated rings. The smallest absolute Gasteiger partial charge is 0.278 e. The highest BCUT2D eigenvalue weighted by Gasteiger charge is 2.27. The van der Waals surface area contributed by atoms with Gasteiger partial charge >= 0.3 is 0 Å². The molecular weight excluding hydrogens is 482 g/mol. The van der Waals surface area contributed by atoms with Gasteiger partial charge in [0, 0.05) is 48.1 Å². The summed E-state index contributed by atoms with van der Waals surface area (Å²) in [5.41, 5.74) is 2.49. The lowest BCUT2D eigenvalue weighted by Gasteiger charge is -2.32. The molecule has 0 unspecified atom stereocenters. The molecular formula is C27H32F2N4O2S. The molecule has 1 aliphatic carbocycles. The number of rotatable bonds is 8. The second-order valence-electron chi connectivity index (χ2n) is 10.1. The Kier molecular flexibility index (Phi) is 7.48. The van der Waals surface area contributed by atoms with Gasteiger partial charge in [-0.25, -0.2) is 13.8 Å². The standard InChI is InChI=1S/C27H32F2N4O2S/c1-27(28,29)17-35-26-32-23-16-33(15-12-24(23)36-26)14-11-18-7-9-19(10-8-18)31-25(34)21-4-2-6-22-20(21)5-3-13-30-22/h2-6,13,18-19H,7-12,14-17H2,1H3,(H,31,34)/t18-,19-. The lowest BCUT2D eigenvalue weighted by Crippen LogP contribution is -2.38. The quantitative estimate of drug-likeness (QED) is 0.432. The molecule has 1 amide bonds. The predicted molar refractivity (Wildman–Crippen MR) is 137 cm³/mol. The fourth-order valence-corrected chi connectivity index (χ4v) is 6.10. The molecule has 0 radical (unpaired) electrons. The average Bonchev–Trinajstić information content (AvgIpc) is 3.29. The molecule has 1 saturated carbocycles. The van der Waals surface area contributed by atoms with Crippen LogP contribution in [0.15, 0.2) is 36.5 Å². The summed E-state index contributed by atoms with van der Waals surface area (Å²) >= 11 is 1.40. The number of thiazole rings is 1. The number of halogens is 2. The van der Waals surface area contributed by atoms with Gasteiger partial charge in [0.15, 0.2) is 6.61 Å². The van der Waals surface area contributed by atoms with Crippen molar-refractivity contribution in [3.63, 3.8) is 0 Å². The van der Waals surface area contributed by atoms with E-state index < -0.39 is 12.5 Å². The second kappa shape index (κ2) is 10.8. The number of pyridine rings is 1. The van der Waals surface area contributed by atoms with Crippen molar-refractivity contribution in [3.8, 4) is 5.19 Å². The van der Waals surface area contributed by atoms with E-state index in [1.54, 1.807) is 6.20 Å². The lowest BCUT2D eigenvalue weighted by atomic mass is 9.84. The van der Waals surface area contributed by atoms with E-state index in [0.29, 0.717) is 16.7 Å². The molecule has 1 N–H and O–H groups in total. The zero-order chi connectivity index (χ0) is 25.1. The summed E-state index contributed by atoms with van der Waals surface area (Å²) in [6, 6.07) is 9.69. The van der Waals surface area contributed by atoms with Crippen LogP contribution in [0.2, 0.25) is 0 Å². The van der Waals surface area contributed by atoms with Gasteiger partial charge in [0.1, 0.15) is 0 Å². The largest absolute Gasteiger partial charge is 0.464 e. The van der Waals surface area contributed by atoms with Gasteiger partial charge in [-0.1, -0.05) is 23.5 Å². The van der Waals surface area contributed by atoms with Crippen LogP contribution < -0.4 is 10.1 Å². The Morgan fingerprint density at radius 1 is 1.22 bits per heavy atom. The van der Waals surface area contributed by atoms with Gasteiger partial charge in [0.05, 0.1) is 11.2 Å². The molecule has 0 bridgehead atoms. The highest BCUT2D eigenvalue weighted by molar-refractivity contribution is 7.13. The number of fused-ring (bicyclic) bond motifs is 2. The third-order valence-electron chi connectivity index (χ3n) is 7.16. The van der Waals surface area contributed by atoms with Crippen molar-refractivity contribution in [2.75, 3.05) is 19.7 Å². The van der Waals surface area contributed by atoms with E-state index in [4.69, 9.17) is 4.74 Å². The van der Waals surface area contributed by atoms with Gasteiger partial charge < -0.3 is 10.1 Å². The van der Waals surface area contributed by atoms with Crippen LogP contribution in [0.3, 0.4) is 0 Å². The summed E-state index contributed by atoms with van der Waals surface area (Å²) in [5, 5.41) is 4.48. The Bertz CT molecular complexity index is 1200. The van der Waals surface area contributed by atoms with Crippen molar-refractivity contribution in [2.24, 2.45) is 5.92 Å². The molecule has 6 nitrogen and oxygen atoms in total. The maximum absolute atomic E-state index is 13.1. The van der Waals surface area contributed by atoms with Crippen molar-refractivity contribution >= 4 is 28.1 Å². The van der Waals surface area contributed by atoms with Gasteiger partial charge in [-0.15, -0.1) is 0 Å². The number of alkyl halides is 2. The van der Waals surface area contributed by atoms with E-state index in [1.807, 2.05) is 30.3 Å². The van der Waals surface area contributed by atoms with Crippen molar-refractivity contribution in [3.05, 3.63) is 52.7 Å². The van der Waals surface area contributed by atoms with Crippen molar-refractivity contribution in [1.29, 1.82) is 0 Å². The summed E-state index contributed by atoms with van der Waals surface area (Å²) in [4.78, 5) is 25.3. The van der Waals surface area contributed by atoms with Crippen LogP contribution in [-0.2, 0) is 13.0 Å². The summed E-state index contributed by atoms with van der Waals surface area (Å²) in [6.07, 6.45) is 7.98. The van der Waals surface area contributed by atoms with Crippen LogP contribution >= 0.6 is 11.3 Å². The minimum Gasteiger partial charge on any atom is -0.464 e. The van der Waals surface area contributed by atoms with Crippen molar-refractivity contribution in [2.45, 2.75) is 64.0 Å². The summed E-state index contributed by atoms with van der Waals surface area (Å²) in [5.74, 6) is -2.22. The third-order valence-corrected chi connectivity index (χ3v) is 8.23. The van der Waals surface area contributed by atoms with Crippen LogP contribution in [0, 0.1) is 5.92 Å². The van der Waals surface area contributed by atoms with Crippen LogP contribution in [0.25, 0.3) is 10.9 Å². The number of carbonyl (C=O) groups is 1. The fourth-order valence-electron chi connectivity index (χ4n) is 5.20. The Balaban J connectivity index is 1.06. The zero-order valence-corrected chi connectivity index (χ0v) is 21.3. The summed E-state index contributed by atoms with van der Waals surface area (Å²) in [6.45, 7) is 2.94. The Morgan fingerprint density at radius 2 is 2.06 bits per heavy atom.